The van der Waals surface area contributed by atoms with E-state index in [-0.39, 0.29) is 17.6 Å². The van der Waals surface area contributed by atoms with Crippen molar-refractivity contribution in [2.75, 3.05) is 5.75 Å². The van der Waals surface area contributed by atoms with Crippen LogP contribution in [0.25, 0.3) is 10.2 Å². The number of aromatic nitrogens is 4. The van der Waals surface area contributed by atoms with E-state index < -0.39 is 5.54 Å². The smallest absolute Gasteiger partial charge is 0.231 e. The number of benzene rings is 2. The van der Waals surface area contributed by atoms with Gasteiger partial charge in [0, 0.05) is 0 Å². The monoisotopic (exact) mass is 522 g/mol. The first kappa shape index (κ1) is 25.2. The minimum atomic E-state index is -0.908. The van der Waals surface area contributed by atoms with Gasteiger partial charge < -0.3 is 9.88 Å². The first-order valence-electron chi connectivity index (χ1n) is 11.2. The molecule has 2 aromatic heterocycles. The molecule has 180 valence electrons. The Hall–Kier alpha value is -2.87. The number of thiazole rings is 1. The Morgan fingerprint density at radius 2 is 1.89 bits per heavy atom. The quantitative estimate of drug-likeness (QED) is 0.280. The second-order valence-corrected chi connectivity index (χ2v) is 11.7. The van der Waals surface area contributed by atoms with E-state index in [1.807, 2.05) is 50.2 Å². The lowest BCUT2D eigenvalue weighted by molar-refractivity contribution is -0.120. The zero-order valence-electron chi connectivity index (χ0n) is 19.8. The van der Waals surface area contributed by atoms with Gasteiger partial charge in [-0.25, -0.2) is 4.98 Å². The number of hydrogen-bond donors (Lipinski definition) is 1. The van der Waals surface area contributed by atoms with Gasteiger partial charge in [-0.05, 0) is 30.5 Å². The van der Waals surface area contributed by atoms with Crippen molar-refractivity contribution in [3.8, 4) is 6.07 Å². The van der Waals surface area contributed by atoms with E-state index in [1.165, 1.54) is 11.8 Å². The maximum absolute atomic E-state index is 12.6. The Bertz CT molecular complexity index is 1310. The summed E-state index contributed by atoms with van der Waals surface area (Å²) in [5.41, 5.74) is 1.22. The minimum absolute atomic E-state index is 0.00526. The summed E-state index contributed by atoms with van der Waals surface area (Å²) < 4.78 is 4.20. The van der Waals surface area contributed by atoms with Crippen LogP contribution < -0.4 is 5.32 Å². The van der Waals surface area contributed by atoms with Gasteiger partial charge in [0.1, 0.15) is 11.4 Å². The van der Waals surface area contributed by atoms with Gasteiger partial charge in [-0.3, -0.25) is 4.79 Å². The molecule has 0 aliphatic heterocycles. The zero-order valence-corrected chi connectivity index (χ0v) is 22.2. The van der Waals surface area contributed by atoms with E-state index in [1.54, 1.807) is 30.0 Å². The van der Waals surface area contributed by atoms with Gasteiger partial charge in [0.2, 0.25) is 5.91 Å². The molecule has 0 saturated carbocycles. The standard InChI is InChI=1S/C25H26N6OS3/c1-17(2)25(3,16-26)28-22(32)15-33-23-30-29-21(31(23)13-18-9-5-4-6-10-18)14-34-24-27-19-11-7-8-12-20(19)35-24/h4-12,17H,13-15H2,1-3H3,(H,28,32)/t25-/m0/s1. The molecule has 4 aromatic rings. The van der Waals surface area contributed by atoms with E-state index in [0.717, 1.165) is 25.9 Å². The van der Waals surface area contributed by atoms with E-state index in [4.69, 9.17) is 4.98 Å². The van der Waals surface area contributed by atoms with Crippen molar-refractivity contribution in [3.63, 3.8) is 0 Å². The summed E-state index contributed by atoms with van der Waals surface area (Å²) >= 11 is 4.63. The molecule has 0 spiro atoms. The summed E-state index contributed by atoms with van der Waals surface area (Å²) in [7, 11) is 0. The molecule has 1 amide bonds. The van der Waals surface area contributed by atoms with Crippen LogP contribution >= 0.6 is 34.9 Å². The van der Waals surface area contributed by atoms with Crippen molar-refractivity contribution in [2.24, 2.45) is 5.92 Å². The molecule has 7 nitrogen and oxygen atoms in total. The lowest BCUT2D eigenvalue weighted by Gasteiger charge is -2.27. The lowest BCUT2D eigenvalue weighted by atomic mass is 9.90. The molecule has 0 aliphatic rings. The number of fused-ring (bicyclic) bond motifs is 1. The fraction of sp³-hybridized carbons (Fsp3) is 0.320. The van der Waals surface area contributed by atoms with Gasteiger partial charge in [-0.15, -0.1) is 21.5 Å². The number of nitrogens with one attached hydrogen (secondary N) is 1. The molecule has 2 heterocycles. The lowest BCUT2D eigenvalue weighted by Crippen LogP contribution is -2.49. The minimum Gasteiger partial charge on any atom is -0.337 e. The maximum Gasteiger partial charge on any atom is 0.231 e. The van der Waals surface area contributed by atoms with Gasteiger partial charge in [-0.2, -0.15) is 5.26 Å². The normalized spacial score (nSPS) is 13.0. The molecular formula is C25H26N6OS3. The molecule has 1 atom stereocenters. The Morgan fingerprint density at radius 3 is 2.60 bits per heavy atom. The van der Waals surface area contributed by atoms with Gasteiger partial charge in [0.25, 0.3) is 0 Å². The number of amides is 1. The van der Waals surface area contributed by atoms with Crippen LogP contribution in [0.2, 0.25) is 0 Å². The van der Waals surface area contributed by atoms with Crippen molar-refractivity contribution in [1.29, 1.82) is 5.26 Å². The first-order valence-corrected chi connectivity index (χ1v) is 14.0. The van der Waals surface area contributed by atoms with Crippen LogP contribution in [-0.2, 0) is 17.1 Å². The number of carbonyl (C=O) groups is 1. The van der Waals surface area contributed by atoms with Crippen LogP contribution in [0, 0.1) is 17.2 Å². The van der Waals surface area contributed by atoms with Crippen LogP contribution in [0.1, 0.15) is 32.2 Å². The molecule has 0 aliphatic carbocycles. The van der Waals surface area contributed by atoms with Crippen LogP contribution in [-0.4, -0.2) is 36.9 Å². The SMILES string of the molecule is CC(C)[C@](C)(C#N)NC(=O)CSc1nnc(CSc2nc3ccccc3s2)n1Cc1ccccc1. The number of rotatable bonds is 10. The highest BCUT2D eigenvalue weighted by Gasteiger charge is 2.30. The summed E-state index contributed by atoms with van der Waals surface area (Å²) in [6.45, 7) is 6.19. The van der Waals surface area contributed by atoms with Crippen molar-refractivity contribution < 1.29 is 4.79 Å². The van der Waals surface area contributed by atoms with Crippen LogP contribution in [0.3, 0.4) is 0 Å². The van der Waals surface area contributed by atoms with E-state index in [9.17, 15) is 10.1 Å². The van der Waals surface area contributed by atoms with Crippen LogP contribution in [0.5, 0.6) is 0 Å². The van der Waals surface area contributed by atoms with Gasteiger partial charge >= 0.3 is 0 Å². The second kappa shape index (κ2) is 11.2. The zero-order chi connectivity index (χ0) is 24.8. The predicted octanol–water partition coefficient (Wildman–Crippen LogP) is 5.37. The van der Waals surface area contributed by atoms with Crippen molar-refractivity contribution in [2.45, 2.75) is 48.1 Å². The molecule has 2 aromatic carbocycles. The highest BCUT2D eigenvalue weighted by molar-refractivity contribution is 8.00. The largest absolute Gasteiger partial charge is 0.337 e. The van der Waals surface area contributed by atoms with Gasteiger partial charge in [-0.1, -0.05) is 79.8 Å². The second-order valence-electron chi connectivity index (χ2n) is 8.51. The third-order valence-corrected chi connectivity index (χ3v) is 8.84. The maximum atomic E-state index is 12.6. The van der Waals surface area contributed by atoms with Crippen molar-refractivity contribution in [1.82, 2.24) is 25.1 Å². The first-order chi connectivity index (χ1) is 16.9. The molecule has 4 rings (SSSR count). The molecule has 10 heteroatoms. The molecule has 35 heavy (non-hydrogen) atoms. The van der Waals surface area contributed by atoms with Crippen LogP contribution in [0.15, 0.2) is 64.1 Å². The Morgan fingerprint density at radius 1 is 1.14 bits per heavy atom. The fourth-order valence-corrected chi connectivity index (χ4v) is 6.02. The van der Waals surface area contributed by atoms with Gasteiger partial charge in [0.05, 0.1) is 34.3 Å². The Balaban J connectivity index is 1.49. The number of nitriles is 1. The average molecular weight is 523 g/mol. The summed E-state index contributed by atoms with van der Waals surface area (Å²) in [5, 5.41) is 21.9. The summed E-state index contributed by atoms with van der Waals surface area (Å²) in [6, 6.07) is 20.4. The van der Waals surface area contributed by atoms with E-state index in [2.05, 4.69) is 44.3 Å². The van der Waals surface area contributed by atoms with E-state index in [0.29, 0.717) is 17.5 Å². The van der Waals surface area contributed by atoms with E-state index >= 15 is 0 Å². The topological polar surface area (TPSA) is 96.5 Å². The van der Waals surface area contributed by atoms with Gasteiger partial charge in [0.15, 0.2) is 9.50 Å². The Labute approximate surface area is 217 Å². The molecule has 0 radical (unpaired) electrons. The third kappa shape index (κ3) is 6.23. The van der Waals surface area contributed by atoms with Crippen molar-refractivity contribution >= 4 is 51.0 Å². The highest BCUT2D eigenvalue weighted by atomic mass is 32.2. The number of thioether (sulfide) groups is 2. The summed E-state index contributed by atoms with van der Waals surface area (Å²) in [4.78, 5) is 17.3. The molecular weight excluding hydrogens is 497 g/mol. The molecule has 1 N–H and O–H groups in total. The number of nitrogens with zero attached hydrogens (tertiary/aromatic N) is 5. The fourth-order valence-electron chi connectivity index (χ4n) is 3.25. The number of carbonyl (C=O) groups excluding carboxylic acids is 1. The van der Waals surface area contributed by atoms with Crippen molar-refractivity contribution in [3.05, 3.63) is 66.0 Å². The predicted molar refractivity (Wildman–Crippen MR) is 142 cm³/mol. The summed E-state index contributed by atoms with van der Waals surface area (Å²) in [5.74, 6) is 1.39. The molecule has 0 fully saturated rings. The molecule has 0 unspecified atom stereocenters. The number of hydrogen-bond acceptors (Lipinski definition) is 8. The number of para-hydroxylation sites is 1. The molecule has 0 saturated heterocycles. The average Bonchev–Trinajstić information content (AvgIpc) is 3.45. The third-order valence-electron chi connectivity index (χ3n) is 5.69. The Kier molecular flexibility index (Phi) is 8.11. The van der Waals surface area contributed by atoms with Crippen LogP contribution in [0.4, 0.5) is 0 Å². The molecule has 0 bridgehead atoms. The highest BCUT2D eigenvalue weighted by Crippen LogP contribution is 2.32. The summed E-state index contributed by atoms with van der Waals surface area (Å²) in [6.07, 6.45) is 0.